The molecule has 0 aromatic heterocycles. The number of rotatable bonds is 2. The summed E-state index contributed by atoms with van der Waals surface area (Å²) in [4.78, 5) is 4.60. The van der Waals surface area contributed by atoms with E-state index in [1.807, 2.05) is 6.07 Å². The van der Waals surface area contributed by atoms with Gasteiger partial charge in [0.25, 0.3) is 0 Å². The summed E-state index contributed by atoms with van der Waals surface area (Å²) in [6.07, 6.45) is 0. The monoisotopic (exact) mass is 267 g/mol. The Morgan fingerprint density at radius 2 is 2.17 bits per heavy atom. The predicted octanol–water partition coefficient (Wildman–Crippen LogP) is 1.60. The molecule has 1 aromatic rings. The zero-order valence-corrected chi connectivity index (χ0v) is 11.5. The van der Waals surface area contributed by atoms with Gasteiger partial charge in [0.2, 0.25) is 0 Å². The molecule has 0 bridgehead atoms. The summed E-state index contributed by atoms with van der Waals surface area (Å²) in [5, 5.41) is 0. The quantitative estimate of drug-likeness (QED) is 0.825. The highest BCUT2D eigenvalue weighted by Crippen LogP contribution is 2.21. The third kappa shape index (κ3) is 2.62. The standard InChI is InChI=1S/C13H18FN3S/c1-9-8-17(6-5-16(9)2)10-3-4-11(13(15)18)12(14)7-10/h3-4,7,9H,5-6,8H2,1-2H3,(H2,15,18). The number of anilines is 1. The number of piperazine rings is 1. The number of benzene rings is 1. The maximum Gasteiger partial charge on any atom is 0.135 e. The van der Waals surface area contributed by atoms with Crippen LogP contribution < -0.4 is 10.6 Å². The lowest BCUT2D eigenvalue weighted by atomic mass is 10.1. The van der Waals surface area contributed by atoms with Crippen LogP contribution in [0.4, 0.5) is 10.1 Å². The van der Waals surface area contributed by atoms with Gasteiger partial charge in [0.15, 0.2) is 0 Å². The van der Waals surface area contributed by atoms with E-state index < -0.39 is 0 Å². The molecule has 1 aliphatic rings. The van der Waals surface area contributed by atoms with Gasteiger partial charge < -0.3 is 15.5 Å². The smallest absolute Gasteiger partial charge is 0.135 e. The minimum absolute atomic E-state index is 0.103. The molecule has 1 saturated heterocycles. The van der Waals surface area contributed by atoms with Crippen LogP contribution in [0.5, 0.6) is 0 Å². The fourth-order valence-electron chi connectivity index (χ4n) is 2.18. The Hall–Kier alpha value is -1.20. The lowest BCUT2D eigenvalue weighted by Gasteiger charge is -2.39. The second-order valence-corrected chi connectivity index (χ2v) is 5.24. The molecule has 1 heterocycles. The van der Waals surface area contributed by atoms with Crippen LogP contribution in [0.2, 0.25) is 0 Å². The SMILES string of the molecule is CC1CN(c2ccc(C(N)=S)c(F)c2)CCN1C. The lowest BCUT2D eigenvalue weighted by molar-refractivity contribution is 0.234. The van der Waals surface area contributed by atoms with Crippen molar-refractivity contribution in [3.63, 3.8) is 0 Å². The van der Waals surface area contributed by atoms with Gasteiger partial charge in [-0.2, -0.15) is 0 Å². The van der Waals surface area contributed by atoms with E-state index in [2.05, 4.69) is 23.8 Å². The van der Waals surface area contributed by atoms with Crippen molar-refractivity contribution in [1.82, 2.24) is 4.90 Å². The second kappa shape index (κ2) is 5.20. The Balaban J connectivity index is 2.19. The zero-order valence-electron chi connectivity index (χ0n) is 10.7. The van der Waals surface area contributed by atoms with Crippen LogP contribution in [0, 0.1) is 5.82 Å². The van der Waals surface area contributed by atoms with Gasteiger partial charge in [0.1, 0.15) is 10.8 Å². The second-order valence-electron chi connectivity index (χ2n) is 4.80. The fourth-order valence-corrected chi connectivity index (χ4v) is 2.35. The van der Waals surface area contributed by atoms with Crippen LogP contribution in [-0.4, -0.2) is 42.6 Å². The van der Waals surface area contributed by atoms with Gasteiger partial charge in [-0.3, -0.25) is 0 Å². The van der Waals surface area contributed by atoms with E-state index in [1.165, 1.54) is 6.07 Å². The normalized spacial score (nSPS) is 21.1. The fraction of sp³-hybridized carbons (Fsp3) is 0.462. The molecule has 2 N–H and O–H groups in total. The molecule has 98 valence electrons. The summed E-state index contributed by atoms with van der Waals surface area (Å²) in [7, 11) is 2.11. The largest absolute Gasteiger partial charge is 0.389 e. The van der Waals surface area contributed by atoms with Crippen molar-refractivity contribution in [2.24, 2.45) is 5.73 Å². The molecule has 1 fully saturated rings. The Morgan fingerprint density at radius 1 is 1.44 bits per heavy atom. The minimum atomic E-state index is -0.341. The third-order valence-electron chi connectivity index (χ3n) is 3.54. The van der Waals surface area contributed by atoms with E-state index in [-0.39, 0.29) is 10.8 Å². The van der Waals surface area contributed by atoms with E-state index in [0.717, 1.165) is 25.3 Å². The Morgan fingerprint density at radius 3 is 2.72 bits per heavy atom. The molecule has 0 amide bonds. The van der Waals surface area contributed by atoms with E-state index in [1.54, 1.807) is 6.07 Å². The molecule has 1 unspecified atom stereocenters. The van der Waals surface area contributed by atoms with E-state index in [4.69, 9.17) is 18.0 Å². The highest BCUT2D eigenvalue weighted by Gasteiger charge is 2.21. The third-order valence-corrected chi connectivity index (χ3v) is 3.76. The summed E-state index contributed by atoms with van der Waals surface area (Å²) in [5.41, 5.74) is 6.67. The molecule has 1 aromatic carbocycles. The van der Waals surface area contributed by atoms with Crippen molar-refractivity contribution >= 4 is 22.9 Å². The summed E-state index contributed by atoms with van der Waals surface area (Å²) >= 11 is 4.80. The predicted molar refractivity (Wildman–Crippen MR) is 76.6 cm³/mol. The number of halogens is 1. The van der Waals surface area contributed by atoms with E-state index >= 15 is 0 Å². The highest BCUT2D eigenvalue weighted by molar-refractivity contribution is 7.80. The number of likely N-dealkylation sites (N-methyl/N-ethyl adjacent to an activating group) is 1. The molecule has 0 saturated carbocycles. The Labute approximate surface area is 112 Å². The number of nitrogens with zero attached hydrogens (tertiary/aromatic N) is 2. The van der Waals surface area contributed by atoms with Crippen molar-refractivity contribution in [2.75, 3.05) is 31.6 Å². The maximum atomic E-state index is 13.8. The maximum absolute atomic E-state index is 13.8. The van der Waals surface area contributed by atoms with Crippen LogP contribution in [0.25, 0.3) is 0 Å². The molecule has 3 nitrogen and oxygen atoms in total. The lowest BCUT2D eigenvalue weighted by Crippen LogP contribution is -2.50. The summed E-state index contributed by atoms with van der Waals surface area (Å²) in [5.74, 6) is -0.341. The molecule has 5 heteroatoms. The minimum Gasteiger partial charge on any atom is -0.389 e. The number of thiocarbonyl (C=S) groups is 1. The van der Waals surface area contributed by atoms with Crippen molar-refractivity contribution in [1.29, 1.82) is 0 Å². The number of hydrogen-bond donors (Lipinski definition) is 1. The Bertz CT molecular complexity index is 464. The van der Waals surface area contributed by atoms with Crippen LogP contribution in [0.15, 0.2) is 18.2 Å². The molecule has 2 rings (SSSR count). The highest BCUT2D eigenvalue weighted by atomic mass is 32.1. The van der Waals surface area contributed by atoms with Crippen molar-refractivity contribution in [2.45, 2.75) is 13.0 Å². The van der Waals surface area contributed by atoms with Gasteiger partial charge >= 0.3 is 0 Å². The average molecular weight is 267 g/mol. The van der Waals surface area contributed by atoms with Gasteiger partial charge in [0, 0.05) is 36.9 Å². The van der Waals surface area contributed by atoms with Gasteiger partial charge in [0.05, 0.1) is 0 Å². The molecular formula is C13H18FN3S. The average Bonchev–Trinajstić information content (AvgIpc) is 2.32. The van der Waals surface area contributed by atoms with Gasteiger partial charge in [-0.25, -0.2) is 4.39 Å². The molecule has 0 aliphatic carbocycles. The molecule has 1 aliphatic heterocycles. The van der Waals surface area contributed by atoms with Crippen LogP contribution in [-0.2, 0) is 0 Å². The van der Waals surface area contributed by atoms with Crippen molar-refractivity contribution in [3.05, 3.63) is 29.6 Å². The van der Waals surface area contributed by atoms with Crippen LogP contribution in [0.1, 0.15) is 12.5 Å². The molecular weight excluding hydrogens is 249 g/mol. The number of nitrogens with two attached hydrogens (primary N) is 1. The van der Waals surface area contributed by atoms with Gasteiger partial charge in [-0.05, 0) is 32.2 Å². The first-order valence-corrected chi connectivity index (χ1v) is 6.44. The first-order valence-electron chi connectivity index (χ1n) is 6.03. The van der Waals surface area contributed by atoms with E-state index in [0.29, 0.717) is 11.6 Å². The molecule has 18 heavy (non-hydrogen) atoms. The van der Waals surface area contributed by atoms with Crippen LogP contribution >= 0.6 is 12.2 Å². The first kappa shape index (κ1) is 13.2. The Kier molecular flexibility index (Phi) is 3.82. The first-order chi connectivity index (χ1) is 8.49. The number of hydrogen-bond acceptors (Lipinski definition) is 3. The summed E-state index contributed by atoms with van der Waals surface area (Å²) in [6.45, 7) is 4.97. The molecule has 0 radical (unpaired) electrons. The summed E-state index contributed by atoms with van der Waals surface area (Å²) < 4.78 is 13.8. The van der Waals surface area contributed by atoms with Crippen molar-refractivity contribution < 1.29 is 4.39 Å². The van der Waals surface area contributed by atoms with Crippen LogP contribution in [0.3, 0.4) is 0 Å². The summed E-state index contributed by atoms with van der Waals surface area (Å²) in [6, 6.07) is 5.54. The molecule has 1 atom stereocenters. The molecule has 0 spiro atoms. The van der Waals surface area contributed by atoms with E-state index in [9.17, 15) is 4.39 Å². The van der Waals surface area contributed by atoms with Gasteiger partial charge in [-0.15, -0.1) is 0 Å². The van der Waals surface area contributed by atoms with Gasteiger partial charge in [-0.1, -0.05) is 12.2 Å². The topological polar surface area (TPSA) is 32.5 Å². The zero-order chi connectivity index (χ0) is 13.3. The van der Waals surface area contributed by atoms with Crippen molar-refractivity contribution in [3.8, 4) is 0 Å².